The molecular formula is C22H29ClO6. The number of hydrogen-bond acceptors (Lipinski definition) is 5. The standard InChI is InChI=1S/C22H29ClO6/c23-15-6-5-7-17(12-15)29-14-16(24)10-11-19-18(20(25)13-21(19)26)8-3-1-2-4-9-22(27)28/h1,3,5-7,10-12,16,18-21,24-26H,2,4,8-9,13-14H2,(H,27,28)/b3-1?,11-10+/t16-,18?,19-,20+,21-/m1/s1. The molecule has 0 radical (unpaired) electrons. The van der Waals surface area contributed by atoms with Crippen molar-refractivity contribution in [3.63, 3.8) is 0 Å². The van der Waals surface area contributed by atoms with Gasteiger partial charge in [-0.05, 0) is 43.4 Å². The molecule has 4 N–H and O–H groups in total. The van der Waals surface area contributed by atoms with E-state index >= 15 is 0 Å². The quantitative estimate of drug-likeness (QED) is 0.321. The van der Waals surface area contributed by atoms with E-state index in [0.29, 0.717) is 36.5 Å². The summed E-state index contributed by atoms with van der Waals surface area (Å²) in [6.07, 6.45) is 7.26. The molecular weight excluding hydrogens is 396 g/mol. The van der Waals surface area contributed by atoms with Crippen molar-refractivity contribution in [3.8, 4) is 5.75 Å². The van der Waals surface area contributed by atoms with Crippen LogP contribution >= 0.6 is 11.6 Å². The topological polar surface area (TPSA) is 107 Å². The highest BCUT2D eigenvalue weighted by Gasteiger charge is 2.39. The summed E-state index contributed by atoms with van der Waals surface area (Å²) in [6, 6.07) is 6.90. The molecule has 0 spiro atoms. The molecule has 0 aliphatic heterocycles. The summed E-state index contributed by atoms with van der Waals surface area (Å²) in [4.78, 5) is 10.5. The van der Waals surface area contributed by atoms with Gasteiger partial charge in [0.05, 0.1) is 12.2 Å². The van der Waals surface area contributed by atoms with Crippen molar-refractivity contribution in [1.29, 1.82) is 0 Å². The van der Waals surface area contributed by atoms with Crippen LogP contribution in [0.4, 0.5) is 0 Å². The molecule has 6 nitrogen and oxygen atoms in total. The van der Waals surface area contributed by atoms with Crippen molar-refractivity contribution in [2.24, 2.45) is 11.8 Å². The van der Waals surface area contributed by atoms with Gasteiger partial charge in [0, 0.05) is 23.8 Å². The molecule has 1 aliphatic rings. The lowest BCUT2D eigenvalue weighted by Gasteiger charge is -2.19. The van der Waals surface area contributed by atoms with Gasteiger partial charge in [0.1, 0.15) is 18.5 Å². The molecule has 0 bridgehead atoms. The first-order chi connectivity index (χ1) is 13.9. The maximum Gasteiger partial charge on any atom is 0.303 e. The van der Waals surface area contributed by atoms with Gasteiger partial charge in [-0.1, -0.05) is 42.0 Å². The number of unbranched alkanes of at least 4 members (excludes halogenated alkanes) is 1. The third-order valence-electron chi connectivity index (χ3n) is 5.02. The van der Waals surface area contributed by atoms with E-state index in [9.17, 15) is 20.1 Å². The van der Waals surface area contributed by atoms with Crippen LogP contribution in [-0.2, 0) is 4.79 Å². The number of carbonyl (C=O) groups is 1. The van der Waals surface area contributed by atoms with E-state index in [0.717, 1.165) is 0 Å². The number of allylic oxidation sites excluding steroid dienone is 2. The predicted octanol–water partition coefficient (Wildman–Crippen LogP) is 3.20. The second kappa shape index (κ2) is 12.0. The summed E-state index contributed by atoms with van der Waals surface area (Å²) in [6.45, 7) is 0.0519. The number of carboxylic acid groups (broad SMARTS) is 1. The van der Waals surface area contributed by atoms with Crippen LogP contribution in [0.15, 0.2) is 48.6 Å². The lowest BCUT2D eigenvalue weighted by molar-refractivity contribution is -0.137. The van der Waals surface area contributed by atoms with Crippen LogP contribution in [0.5, 0.6) is 5.75 Å². The van der Waals surface area contributed by atoms with Crippen LogP contribution in [0.2, 0.25) is 5.02 Å². The zero-order chi connectivity index (χ0) is 21.2. The van der Waals surface area contributed by atoms with Gasteiger partial charge < -0.3 is 25.2 Å². The molecule has 1 unspecified atom stereocenters. The van der Waals surface area contributed by atoms with E-state index < -0.39 is 24.3 Å². The Kier molecular flexibility index (Phi) is 9.67. The number of aliphatic hydroxyl groups is 3. The number of halogens is 1. The summed E-state index contributed by atoms with van der Waals surface area (Å²) in [5.74, 6) is -0.671. The normalized spacial score (nSPS) is 25.7. The second-order valence-corrected chi connectivity index (χ2v) is 7.76. The molecule has 0 heterocycles. The smallest absolute Gasteiger partial charge is 0.303 e. The molecule has 1 aromatic carbocycles. The number of ether oxygens (including phenoxy) is 1. The summed E-state index contributed by atoms with van der Waals surface area (Å²) in [5, 5.41) is 39.8. The maximum atomic E-state index is 10.5. The van der Waals surface area contributed by atoms with Crippen LogP contribution in [0, 0.1) is 11.8 Å². The van der Waals surface area contributed by atoms with Gasteiger partial charge in [-0.2, -0.15) is 0 Å². The van der Waals surface area contributed by atoms with Gasteiger partial charge in [-0.25, -0.2) is 0 Å². The zero-order valence-electron chi connectivity index (χ0n) is 16.2. The Labute approximate surface area is 176 Å². The minimum absolute atomic E-state index is 0.0519. The van der Waals surface area contributed by atoms with Gasteiger partial charge in [-0.3, -0.25) is 4.79 Å². The molecule has 0 amide bonds. The van der Waals surface area contributed by atoms with Crippen LogP contribution in [0.3, 0.4) is 0 Å². The Hall–Kier alpha value is -1.86. The Morgan fingerprint density at radius 1 is 1.28 bits per heavy atom. The first-order valence-corrected chi connectivity index (χ1v) is 10.2. The van der Waals surface area contributed by atoms with E-state index in [1.807, 2.05) is 12.2 Å². The van der Waals surface area contributed by atoms with Crippen molar-refractivity contribution in [1.82, 2.24) is 0 Å². The van der Waals surface area contributed by atoms with Crippen molar-refractivity contribution >= 4 is 17.6 Å². The minimum atomic E-state index is -0.855. The van der Waals surface area contributed by atoms with E-state index in [1.54, 1.807) is 36.4 Å². The second-order valence-electron chi connectivity index (χ2n) is 7.33. The number of aliphatic carboxylic acids is 1. The van der Waals surface area contributed by atoms with Gasteiger partial charge in [0.2, 0.25) is 0 Å². The lowest BCUT2D eigenvalue weighted by atomic mass is 9.89. The zero-order valence-corrected chi connectivity index (χ0v) is 17.0. The van der Waals surface area contributed by atoms with E-state index in [1.165, 1.54) is 0 Å². The third-order valence-corrected chi connectivity index (χ3v) is 5.26. The Morgan fingerprint density at radius 3 is 2.79 bits per heavy atom. The highest BCUT2D eigenvalue weighted by molar-refractivity contribution is 6.30. The molecule has 0 saturated heterocycles. The van der Waals surface area contributed by atoms with Gasteiger partial charge in [-0.15, -0.1) is 0 Å². The summed E-state index contributed by atoms with van der Waals surface area (Å²) in [7, 11) is 0. The highest BCUT2D eigenvalue weighted by atomic mass is 35.5. The SMILES string of the molecule is O=C(O)CCCC=CCC1[C@@H](/C=C/[C@@H](O)COc2cccc(Cl)c2)[C@H](O)C[C@@H]1O. The third kappa shape index (κ3) is 8.19. The number of rotatable bonds is 11. The van der Waals surface area contributed by atoms with Gasteiger partial charge >= 0.3 is 5.97 Å². The fourth-order valence-electron chi connectivity index (χ4n) is 3.50. The number of carboxylic acids is 1. The average molecular weight is 425 g/mol. The van der Waals surface area contributed by atoms with Crippen molar-refractivity contribution in [2.45, 2.75) is 50.4 Å². The molecule has 0 aromatic heterocycles. The van der Waals surface area contributed by atoms with Crippen molar-refractivity contribution in [2.75, 3.05) is 6.61 Å². The molecule has 29 heavy (non-hydrogen) atoms. The van der Waals surface area contributed by atoms with E-state index in [-0.39, 0.29) is 24.9 Å². The van der Waals surface area contributed by atoms with Crippen molar-refractivity contribution < 1.29 is 30.0 Å². The molecule has 1 saturated carbocycles. The minimum Gasteiger partial charge on any atom is -0.491 e. The average Bonchev–Trinajstić information content (AvgIpc) is 2.93. The van der Waals surface area contributed by atoms with Crippen LogP contribution in [0.1, 0.15) is 32.1 Å². The van der Waals surface area contributed by atoms with Gasteiger partial charge in [0.15, 0.2) is 0 Å². The number of aliphatic hydroxyl groups excluding tert-OH is 3. The first-order valence-electron chi connectivity index (χ1n) is 9.84. The molecule has 1 aliphatic carbocycles. The monoisotopic (exact) mass is 424 g/mol. The number of hydrogen-bond donors (Lipinski definition) is 4. The molecule has 2 rings (SSSR count). The number of benzene rings is 1. The Bertz CT molecular complexity index is 704. The summed E-state index contributed by atoms with van der Waals surface area (Å²) >= 11 is 5.90. The van der Waals surface area contributed by atoms with E-state index in [2.05, 4.69) is 0 Å². The van der Waals surface area contributed by atoms with Crippen molar-refractivity contribution in [3.05, 3.63) is 53.6 Å². The molecule has 5 atom stereocenters. The molecule has 1 fully saturated rings. The Balaban J connectivity index is 1.83. The van der Waals surface area contributed by atoms with Crippen LogP contribution in [-0.4, -0.2) is 51.3 Å². The first kappa shape index (κ1) is 23.4. The highest BCUT2D eigenvalue weighted by Crippen LogP contribution is 2.36. The lowest BCUT2D eigenvalue weighted by Crippen LogP contribution is -2.21. The molecule has 160 valence electrons. The Morgan fingerprint density at radius 2 is 2.07 bits per heavy atom. The predicted molar refractivity (Wildman–Crippen MR) is 111 cm³/mol. The largest absolute Gasteiger partial charge is 0.491 e. The molecule has 1 aromatic rings. The summed E-state index contributed by atoms with van der Waals surface area (Å²) < 4.78 is 5.51. The van der Waals surface area contributed by atoms with Crippen LogP contribution < -0.4 is 4.74 Å². The maximum absolute atomic E-state index is 10.5. The molecule has 7 heteroatoms. The van der Waals surface area contributed by atoms with E-state index in [4.69, 9.17) is 21.4 Å². The van der Waals surface area contributed by atoms with Crippen LogP contribution in [0.25, 0.3) is 0 Å². The van der Waals surface area contributed by atoms with Gasteiger partial charge in [0.25, 0.3) is 0 Å². The summed E-state index contributed by atoms with van der Waals surface area (Å²) in [5.41, 5.74) is 0. The fourth-order valence-corrected chi connectivity index (χ4v) is 3.68. The fraction of sp³-hybridized carbons (Fsp3) is 0.500.